The number of amides is 1. The molecular weight excluding hydrogens is 252 g/mol. The van der Waals surface area contributed by atoms with Gasteiger partial charge in [-0.15, -0.1) is 0 Å². The normalized spacial score (nSPS) is 13.7. The topological polar surface area (TPSA) is 64.3 Å². The third-order valence-electron chi connectivity index (χ3n) is 3.14. The predicted octanol–water partition coefficient (Wildman–Crippen LogP) is 2.70. The molecule has 112 valence electrons. The summed E-state index contributed by atoms with van der Waals surface area (Å²) in [4.78, 5) is 11.8. The highest BCUT2D eigenvalue weighted by Gasteiger charge is 2.11. The Morgan fingerprint density at radius 3 is 2.70 bits per heavy atom. The second-order valence-electron chi connectivity index (χ2n) is 5.38. The number of rotatable bonds is 7. The summed E-state index contributed by atoms with van der Waals surface area (Å²) in [5.41, 5.74) is 7.99. The highest BCUT2D eigenvalue weighted by atomic mass is 16.5. The standard InChI is InChI=1S/C16H26N2O2/c1-5-6-12(3)18-16(19)10-20-15-8-7-11(2)9-14(15)13(4)17/h7-9,12-13H,5-6,10,17H2,1-4H3,(H,18,19). The minimum Gasteiger partial charge on any atom is -0.483 e. The van der Waals surface area contributed by atoms with Crippen molar-refractivity contribution in [2.75, 3.05) is 6.61 Å². The number of hydrogen-bond donors (Lipinski definition) is 2. The van der Waals surface area contributed by atoms with E-state index in [0.717, 1.165) is 24.0 Å². The highest BCUT2D eigenvalue weighted by molar-refractivity contribution is 5.77. The molecule has 4 heteroatoms. The molecule has 0 heterocycles. The Morgan fingerprint density at radius 1 is 1.40 bits per heavy atom. The Kier molecular flexibility index (Phi) is 6.52. The van der Waals surface area contributed by atoms with Gasteiger partial charge in [-0.1, -0.05) is 31.0 Å². The van der Waals surface area contributed by atoms with Crippen LogP contribution in [0.15, 0.2) is 18.2 Å². The number of ether oxygens (including phenoxy) is 1. The van der Waals surface area contributed by atoms with Crippen LogP contribution in [0.3, 0.4) is 0 Å². The van der Waals surface area contributed by atoms with Crippen molar-refractivity contribution in [2.45, 2.75) is 52.6 Å². The van der Waals surface area contributed by atoms with Gasteiger partial charge in [-0.25, -0.2) is 0 Å². The van der Waals surface area contributed by atoms with Gasteiger partial charge in [-0.3, -0.25) is 4.79 Å². The van der Waals surface area contributed by atoms with Crippen LogP contribution in [0.2, 0.25) is 0 Å². The third kappa shape index (κ3) is 5.21. The predicted molar refractivity (Wildman–Crippen MR) is 81.8 cm³/mol. The van der Waals surface area contributed by atoms with E-state index in [1.807, 2.05) is 39.0 Å². The number of carbonyl (C=O) groups excluding carboxylic acids is 1. The Labute approximate surface area is 121 Å². The van der Waals surface area contributed by atoms with Gasteiger partial charge in [-0.05, 0) is 33.3 Å². The number of nitrogens with one attached hydrogen (secondary N) is 1. The fourth-order valence-corrected chi connectivity index (χ4v) is 2.12. The van der Waals surface area contributed by atoms with E-state index in [1.54, 1.807) is 0 Å². The molecule has 0 spiro atoms. The van der Waals surface area contributed by atoms with Crippen molar-refractivity contribution in [1.82, 2.24) is 5.32 Å². The molecule has 0 saturated carbocycles. The average Bonchev–Trinajstić information content (AvgIpc) is 2.37. The van der Waals surface area contributed by atoms with Gasteiger partial charge < -0.3 is 15.8 Å². The van der Waals surface area contributed by atoms with Crippen LogP contribution in [0.4, 0.5) is 0 Å². The minimum atomic E-state index is -0.119. The van der Waals surface area contributed by atoms with E-state index in [2.05, 4.69) is 12.2 Å². The maximum absolute atomic E-state index is 11.8. The molecule has 0 saturated heterocycles. The molecule has 0 aromatic heterocycles. The summed E-state index contributed by atoms with van der Waals surface area (Å²) in [6, 6.07) is 5.89. The number of hydrogen-bond acceptors (Lipinski definition) is 3. The minimum absolute atomic E-state index is 0.0246. The van der Waals surface area contributed by atoms with Crippen LogP contribution in [0, 0.1) is 6.92 Å². The molecule has 0 bridgehead atoms. The summed E-state index contributed by atoms with van der Waals surface area (Å²) in [5.74, 6) is 0.589. The smallest absolute Gasteiger partial charge is 0.258 e. The van der Waals surface area contributed by atoms with Crippen LogP contribution in [0.5, 0.6) is 5.75 Å². The van der Waals surface area contributed by atoms with Gasteiger partial charge in [0, 0.05) is 17.6 Å². The summed E-state index contributed by atoms with van der Waals surface area (Å²) in [6.45, 7) is 8.04. The first-order valence-electron chi connectivity index (χ1n) is 7.22. The van der Waals surface area contributed by atoms with Crippen LogP contribution in [0.25, 0.3) is 0 Å². The Morgan fingerprint density at radius 2 is 2.10 bits per heavy atom. The molecule has 1 aromatic carbocycles. The number of nitrogens with two attached hydrogens (primary N) is 1. The van der Waals surface area contributed by atoms with E-state index >= 15 is 0 Å². The Bertz CT molecular complexity index is 444. The zero-order valence-electron chi connectivity index (χ0n) is 12.9. The monoisotopic (exact) mass is 278 g/mol. The zero-order chi connectivity index (χ0) is 15.1. The second kappa shape index (κ2) is 7.90. The van der Waals surface area contributed by atoms with E-state index < -0.39 is 0 Å². The fraction of sp³-hybridized carbons (Fsp3) is 0.562. The first-order valence-corrected chi connectivity index (χ1v) is 7.22. The van der Waals surface area contributed by atoms with E-state index in [4.69, 9.17) is 10.5 Å². The summed E-state index contributed by atoms with van der Waals surface area (Å²) in [7, 11) is 0. The van der Waals surface area contributed by atoms with Crippen molar-refractivity contribution in [3.05, 3.63) is 29.3 Å². The first kappa shape index (κ1) is 16.5. The number of carbonyl (C=O) groups is 1. The molecular formula is C16H26N2O2. The fourth-order valence-electron chi connectivity index (χ4n) is 2.12. The summed E-state index contributed by atoms with van der Waals surface area (Å²) in [5, 5.41) is 2.92. The number of aryl methyl sites for hydroxylation is 1. The van der Waals surface area contributed by atoms with Crippen LogP contribution >= 0.6 is 0 Å². The lowest BCUT2D eigenvalue weighted by Crippen LogP contribution is -2.36. The van der Waals surface area contributed by atoms with Gasteiger partial charge in [0.05, 0.1) is 0 Å². The molecule has 0 fully saturated rings. The third-order valence-corrected chi connectivity index (χ3v) is 3.14. The van der Waals surface area contributed by atoms with E-state index in [0.29, 0.717) is 5.75 Å². The molecule has 1 amide bonds. The molecule has 0 aliphatic carbocycles. The maximum atomic E-state index is 11.8. The second-order valence-corrected chi connectivity index (χ2v) is 5.38. The molecule has 4 nitrogen and oxygen atoms in total. The van der Waals surface area contributed by atoms with Crippen molar-refractivity contribution in [3.8, 4) is 5.75 Å². The van der Waals surface area contributed by atoms with Gasteiger partial charge in [0.2, 0.25) is 0 Å². The van der Waals surface area contributed by atoms with Crippen molar-refractivity contribution in [1.29, 1.82) is 0 Å². The first-order chi connectivity index (χ1) is 9.43. The van der Waals surface area contributed by atoms with Gasteiger partial charge in [0.15, 0.2) is 6.61 Å². The highest BCUT2D eigenvalue weighted by Crippen LogP contribution is 2.24. The van der Waals surface area contributed by atoms with Crippen LogP contribution in [-0.4, -0.2) is 18.6 Å². The largest absolute Gasteiger partial charge is 0.483 e. The molecule has 1 aromatic rings. The zero-order valence-corrected chi connectivity index (χ0v) is 12.9. The van der Waals surface area contributed by atoms with Crippen LogP contribution in [0.1, 0.15) is 50.8 Å². The van der Waals surface area contributed by atoms with Crippen molar-refractivity contribution >= 4 is 5.91 Å². The lowest BCUT2D eigenvalue weighted by molar-refractivity contribution is -0.123. The molecule has 2 unspecified atom stereocenters. The quantitative estimate of drug-likeness (QED) is 0.806. The van der Waals surface area contributed by atoms with Gasteiger partial charge in [0.1, 0.15) is 5.75 Å². The average molecular weight is 278 g/mol. The lowest BCUT2D eigenvalue weighted by Gasteiger charge is -2.16. The molecule has 0 aliphatic heterocycles. The summed E-state index contributed by atoms with van der Waals surface area (Å²) < 4.78 is 5.60. The van der Waals surface area contributed by atoms with Gasteiger partial charge in [0.25, 0.3) is 5.91 Å². The molecule has 0 radical (unpaired) electrons. The molecule has 2 atom stereocenters. The van der Waals surface area contributed by atoms with E-state index in [1.165, 1.54) is 0 Å². The maximum Gasteiger partial charge on any atom is 0.258 e. The van der Waals surface area contributed by atoms with Gasteiger partial charge in [-0.2, -0.15) is 0 Å². The van der Waals surface area contributed by atoms with E-state index in [9.17, 15) is 4.79 Å². The Balaban J connectivity index is 2.59. The van der Waals surface area contributed by atoms with Crippen LogP contribution in [-0.2, 0) is 4.79 Å². The van der Waals surface area contributed by atoms with Crippen molar-refractivity contribution in [2.24, 2.45) is 5.73 Å². The summed E-state index contributed by atoms with van der Waals surface area (Å²) >= 11 is 0. The molecule has 1 rings (SSSR count). The van der Waals surface area contributed by atoms with Crippen LogP contribution < -0.4 is 15.8 Å². The molecule has 3 N–H and O–H groups in total. The van der Waals surface area contributed by atoms with Crippen molar-refractivity contribution in [3.63, 3.8) is 0 Å². The Hall–Kier alpha value is -1.55. The van der Waals surface area contributed by atoms with Crippen molar-refractivity contribution < 1.29 is 9.53 Å². The summed E-state index contributed by atoms with van der Waals surface area (Å²) in [6.07, 6.45) is 2.02. The van der Waals surface area contributed by atoms with E-state index in [-0.39, 0.29) is 24.6 Å². The molecule has 0 aliphatic rings. The molecule has 20 heavy (non-hydrogen) atoms. The van der Waals surface area contributed by atoms with Gasteiger partial charge >= 0.3 is 0 Å². The SMILES string of the molecule is CCCC(C)NC(=O)COc1ccc(C)cc1C(C)N. The lowest BCUT2D eigenvalue weighted by atomic mass is 10.1. The number of benzene rings is 1.